The lowest BCUT2D eigenvalue weighted by atomic mass is 9.94. The molecule has 5 nitrogen and oxygen atoms in total. The van der Waals surface area contributed by atoms with Crippen LogP contribution in [0.15, 0.2) is 57.4 Å². The summed E-state index contributed by atoms with van der Waals surface area (Å²) in [5, 5.41) is 11.4. The van der Waals surface area contributed by atoms with Gasteiger partial charge in [-0.05, 0) is 59.8 Å². The van der Waals surface area contributed by atoms with E-state index in [-0.39, 0.29) is 15.9 Å². The van der Waals surface area contributed by atoms with Crippen molar-refractivity contribution in [1.82, 2.24) is 9.55 Å². The van der Waals surface area contributed by atoms with E-state index >= 15 is 0 Å². The van der Waals surface area contributed by atoms with E-state index in [0.29, 0.717) is 5.92 Å². The zero-order valence-electron chi connectivity index (χ0n) is 19.5. The molecule has 1 aliphatic rings. The number of quaternary nitrogens is 1. The van der Waals surface area contributed by atoms with Crippen LogP contribution < -0.4 is 5.48 Å². The molecule has 174 valence electrons. The number of hydroxylamine groups is 1. The highest BCUT2D eigenvalue weighted by molar-refractivity contribution is 9.12. The van der Waals surface area contributed by atoms with Crippen molar-refractivity contribution in [2.24, 2.45) is 5.92 Å². The summed E-state index contributed by atoms with van der Waals surface area (Å²) >= 11 is 3.63. The molecular weight excluding hydrogens is 486 g/mol. The van der Waals surface area contributed by atoms with Gasteiger partial charge in [0.1, 0.15) is 12.0 Å². The first-order valence-corrected chi connectivity index (χ1v) is 13.2. The average Bonchev–Trinajstić information content (AvgIpc) is 3.15. The van der Waals surface area contributed by atoms with E-state index < -0.39 is 0 Å². The first-order chi connectivity index (χ1) is 15.3. The SMILES string of the molecule is C=CC(Br)=C(C=C[NH2+]O)S(=CC)c1ccc2c(c1)nc(C(C)(C)C)n2CC1CCOCC1. The van der Waals surface area contributed by atoms with Crippen molar-refractivity contribution in [3.63, 3.8) is 0 Å². The molecule has 32 heavy (non-hydrogen) atoms. The van der Waals surface area contributed by atoms with Crippen molar-refractivity contribution in [3.8, 4) is 0 Å². The van der Waals surface area contributed by atoms with Gasteiger partial charge in [0, 0.05) is 45.5 Å². The number of fused-ring (bicyclic) bond motifs is 1. The van der Waals surface area contributed by atoms with Crippen LogP contribution in [-0.2, 0) is 16.7 Å². The number of aromatic nitrogens is 2. The molecule has 3 rings (SSSR count). The first-order valence-electron chi connectivity index (χ1n) is 11.1. The smallest absolute Gasteiger partial charge is 0.126 e. The molecule has 0 spiro atoms. The van der Waals surface area contributed by atoms with Gasteiger partial charge in [-0.15, -0.1) is 10.5 Å². The van der Waals surface area contributed by atoms with Crippen molar-refractivity contribution in [2.75, 3.05) is 13.2 Å². The van der Waals surface area contributed by atoms with Gasteiger partial charge in [-0.3, -0.25) is 0 Å². The lowest BCUT2D eigenvalue weighted by Gasteiger charge is -2.26. The Morgan fingerprint density at radius 2 is 2.09 bits per heavy atom. The summed E-state index contributed by atoms with van der Waals surface area (Å²) in [7, 11) is -0.292. The Labute approximate surface area is 202 Å². The second-order valence-corrected chi connectivity index (χ2v) is 11.9. The van der Waals surface area contributed by atoms with Crippen molar-refractivity contribution in [2.45, 2.75) is 57.4 Å². The Morgan fingerprint density at radius 3 is 2.69 bits per heavy atom. The maximum atomic E-state index is 9.18. The number of nitrogens with zero attached hydrogens (tertiary/aromatic N) is 2. The maximum Gasteiger partial charge on any atom is 0.126 e. The molecular formula is C25H35BrN3O2S+. The fraction of sp³-hybridized carbons (Fsp3) is 0.440. The van der Waals surface area contributed by atoms with Gasteiger partial charge in [-0.25, -0.2) is 10.2 Å². The van der Waals surface area contributed by atoms with Crippen LogP contribution in [0.4, 0.5) is 0 Å². The number of allylic oxidation sites excluding steroid dienone is 3. The van der Waals surface area contributed by atoms with Gasteiger partial charge in [0.2, 0.25) is 0 Å². The quantitative estimate of drug-likeness (QED) is 0.289. The van der Waals surface area contributed by atoms with Gasteiger partial charge in [0.15, 0.2) is 0 Å². The predicted octanol–water partition coefficient (Wildman–Crippen LogP) is 5.47. The Balaban J connectivity index is 2.10. The number of imidazole rings is 1. The van der Waals surface area contributed by atoms with E-state index in [0.717, 1.165) is 58.8 Å². The van der Waals surface area contributed by atoms with Gasteiger partial charge in [0.25, 0.3) is 0 Å². The van der Waals surface area contributed by atoms with Crippen molar-refractivity contribution < 1.29 is 15.4 Å². The third-order valence-corrected chi connectivity index (χ3v) is 8.72. The summed E-state index contributed by atoms with van der Waals surface area (Å²) in [6.45, 7) is 15.4. The van der Waals surface area contributed by atoms with E-state index in [1.54, 1.807) is 12.3 Å². The highest BCUT2D eigenvalue weighted by atomic mass is 79.9. The molecule has 1 unspecified atom stereocenters. The highest BCUT2D eigenvalue weighted by Crippen LogP contribution is 2.40. The molecule has 1 atom stereocenters. The number of hydrogen-bond donors (Lipinski definition) is 2. The lowest BCUT2D eigenvalue weighted by molar-refractivity contribution is -0.838. The molecule has 2 heterocycles. The van der Waals surface area contributed by atoms with E-state index in [2.05, 4.69) is 78.3 Å². The monoisotopic (exact) mass is 520 g/mol. The lowest BCUT2D eigenvalue weighted by Crippen LogP contribution is -2.73. The molecule has 1 fully saturated rings. The summed E-state index contributed by atoms with van der Waals surface area (Å²) in [4.78, 5) is 7.37. The second kappa shape index (κ2) is 11.1. The first kappa shape index (κ1) is 25.1. The van der Waals surface area contributed by atoms with E-state index in [1.807, 2.05) is 6.08 Å². The Bertz CT molecular complexity index is 1060. The summed E-state index contributed by atoms with van der Waals surface area (Å²) < 4.78 is 8.92. The number of benzene rings is 1. The number of halogens is 1. The van der Waals surface area contributed by atoms with Crippen LogP contribution in [0.5, 0.6) is 0 Å². The van der Waals surface area contributed by atoms with Crippen molar-refractivity contribution >= 4 is 42.8 Å². The molecule has 0 saturated carbocycles. The molecule has 1 aliphatic heterocycles. The highest BCUT2D eigenvalue weighted by Gasteiger charge is 2.25. The Morgan fingerprint density at radius 1 is 1.38 bits per heavy atom. The maximum absolute atomic E-state index is 9.18. The second-order valence-electron chi connectivity index (χ2n) is 9.00. The Hall–Kier alpha value is -1.51. The zero-order valence-corrected chi connectivity index (χ0v) is 21.9. The number of rotatable bonds is 7. The summed E-state index contributed by atoms with van der Waals surface area (Å²) in [6.07, 6.45) is 7.56. The predicted molar refractivity (Wildman–Crippen MR) is 139 cm³/mol. The summed E-state index contributed by atoms with van der Waals surface area (Å²) in [5.74, 6) is 1.76. The van der Waals surface area contributed by atoms with Crippen LogP contribution in [0.25, 0.3) is 11.0 Å². The average molecular weight is 522 g/mol. The van der Waals surface area contributed by atoms with Gasteiger partial charge in [0.05, 0.1) is 11.0 Å². The molecule has 1 saturated heterocycles. The van der Waals surface area contributed by atoms with Crippen molar-refractivity contribution in [1.29, 1.82) is 0 Å². The van der Waals surface area contributed by atoms with Gasteiger partial charge in [-0.2, -0.15) is 5.48 Å². The number of hydrogen-bond acceptors (Lipinski definition) is 3. The molecule has 0 amide bonds. The minimum absolute atomic E-state index is 0.0421. The topological polar surface area (TPSA) is 63.9 Å². The van der Waals surface area contributed by atoms with E-state index in [9.17, 15) is 5.21 Å². The van der Waals surface area contributed by atoms with Crippen LogP contribution >= 0.6 is 26.4 Å². The molecule has 3 N–H and O–H groups in total. The normalized spacial score (nSPS) is 17.8. The zero-order chi connectivity index (χ0) is 23.3. The van der Waals surface area contributed by atoms with Gasteiger partial charge >= 0.3 is 0 Å². The molecule has 0 radical (unpaired) electrons. The third-order valence-electron chi connectivity index (χ3n) is 5.65. The minimum Gasteiger partial charge on any atom is -0.381 e. The standard InChI is InChI=1S/C25H34BrN3O2S/c1-6-20(26)23(10-13-27-30)32(7-2)19-8-9-22-21(16-19)28-24(25(3,4)5)29(22)17-18-11-14-31-15-12-18/h6-10,13,16,18,27,30H,1,11-12,14-15,17H2,2-5H3/p+1. The molecule has 1 aromatic heterocycles. The van der Waals surface area contributed by atoms with Gasteiger partial charge in [-0.1, -0.05) is 38.8 Å². The number of ether oxygens (including phenoxy) is 1. The fourth-order valence-corrected chi connectivity index (χ4v) is 6.48. The van der Waals surface area contributed by atoms with Crippen LogP contribution in [0.3, 0.4) is 0 Å². The van der Waals surface area contributed by atoms with Gasteiger partial charge < -0.3 is 9.30 Å². The van der Waals surface area contributed by atoms with Crippen LogP contribution in [0, 0.1) is 5.92 Å². The van der Waals surface area contributed by atoms with E-state index in [1.165, 1.54) is 10.4 Å². The van der Waals surface area contributed by atoms with Crippen LogP contribution in [0.2, 0.25) is 0 Å². The largest absolute Gasteiger partial charge is 0.381 e. The minimum atomic E-state index is -0.292. The molecule has 1 aromatic carbocycles. The van der Waals surface area contributed by atoms with Crippen LogP contribution in [-0.4, -0.2) is 33.3 Å². The Kier molecular flexibility index (Phi) is 8.69. The summed E-state index contributed by atoms with van der Waals surface area (Å²) in [6, 6.07) is 6.64. The molecule has 2 aromatic rings. The van der Waals surface area contributed by atoms with E-state index in [4.69, 9.17) is 9.72 Å². The summed E-state index contributed by atoms with van der Waals surface area (Å²) in [5.41, 5.74) is 3.24. The van der Waals surface area contributed by atoms with Crippen molar-refractivity contribution in [3.05, 3.63) is 58.3 Å². The van der Waals surface area contributed by atoms with Crippen LogP contribution in [0.1, 0.15) is 46.4 Å². The molecule has 7 heteroatoms. The molecule has 0 aliphatic carbocycles. The number of nitrogens with two attached hydrogens (primary N) is 1. The fourth-order valence-electron chi connectivity index (χ4n) is 4.07. The third kappa shape index (κ3) is 5.69. The molecule has 0 bridgehead atoms.